The molecule has 1 aliphatic carbocycles. The van der Waals surface area contributed by atoms with Gasteiger partial charge in [0.2, 0.25) is 5.91 Å². The summed E-state index contributed by atoms with van der Waals surface area (Å²) in [7, 11) is 0. The number of carbonyl (C=O) groups is 1. The molecule has 3 aliphatic rings. The number of nitrogens with one attached hydrogen (secondary N) is 1. The highest BCUT2D eigenvalue weighted by atomic mass is 35.5. The van der Waals surface area contributed by atoms with Crippen LogP contribution in [0.5, 0.6) is 0 Å². The summed E-state index contributed by atoms with van der Waals surface area (Å²) in [6, 6.07) is -0.146. The second-order valence-electron chi connectivity index (χ2n) is 6.36. The fourth-order valence-electron chi connectivity index (χ4n) is 3.74. The third kappa shape index (κ3) is 3.87. The maximum absolute atomic E-state index is 12.8. The van der Waals surface area contributed by atoms with Gasteiger partial charge in [0.25, 0.3) is 0 Å². The summed E-state index contributed by atoms with van der Waals surface area (Å²) in [5.74, 6) is 1.34. The standard InChI is InChI=1S/C15H26N2O2S.ClH/c1-12-13(16-7-9-19-12)14(18)17-8-10-20-15(11-17)5-3-2-4-6-15;/h12-13,16H,2-11H2,1H3;1H/t12-,13+;/m1./s1. The summed E-state index contributed by atoms with van der Waals surface area (Å²) in [6.07, 6.45) is 6.59. The molecule has 1 amide bonds. The molecular weight excluding hydrogens is 308 g/mol. The Morgan fingerprint density at radius 3 is 2.81 bits per heavy atom. The van der Waals surface area contributed by atoms with E-state index in [9.17, 15) is 4.79 Å². The minimum atomic E-state index is -0.146. The van der Waals surface area contributed by atoms with Gasteiger partial charge in [0.15, 0.2) is 0 Å². The summed E-state index contributed by atoms with van der Waals surface area (Å²) in [6.45, 7) is 5.35. The summed E-state index contributed by atoms with van der Waals surface area (Å²) in [5.41, 5.74) is 0. The molecule has 6 heteroatoms. The van der Waals surface area contributed by atoms with Gasteiger partial charge in [0, 0.05) is 30.1 Å². The smallest absolute Gasteiger partial charge is 0.242 e. The molecule has 3 fully saturated rings. The van der Waals surface area contributed by atoms with Crippen LogP contribution >= 0.6 is 24.2 Å². The zero-order chi connectivity index (χ0) is 14.0. The quantitative estimate of drug-likeness (QED) is 0.797. The second kappa shape index (κ2) is 7.53. The molecule has 0 aromatic carbocycles. The first-order valence-electron chi connectivity index (χ1n) is 7.98. The van der Waals surface area contributed by atoms with Crippen LogP contribution in [0, 0.1) is 0 Å². The number of halogens is 1. The van der Waals surface area contributed by atoms with Crippen LogP contribution in [0.4, 0.5) is 0 Å². The van der Waals surface area contributed by atoms with Gasteiger partial charge in [-0.15, -0.1) is 12.4 Å². The summed E-state index contributed by atoms with van der Waals surface area (Å²) in [5, 5.41) is 3.33. The fraction of sp³-hybridized carbons (Fsp3) is 0.933. The van der Waals surface area contributed by atoms with Crippen LogP contribution in [0.3, 0.4) is 0 Å². The van der Waals surface area contributed by atoms with E-state index in [1.807, 2.05) is 6.92 Å². The van der Waals surface area contributed by atoms with Crippen LogP contribution in [0.1, 0.15) is 39.0 Å². The molecule has 0 aromatic rings. The van der Waals surface area contributed by atoms with E-state index in [0.29, 0.717) is 11.4 Å². The van der Waals surface area contributed by atoms with Crippen molar-refractivity contribution in [1.29, 1.82) is 0 Å². The van der Waals surface area contributed by atoms with E-state index in [0.717, 1.165) is 25.4 Å². The molecule has 2 atom stereocenters. The summed E-state index contributed by atoms with van der Waals surface area (Å²) >= 11 is 2.11. The number of amides is 1. The Hall–Kier alpha value is 0.0300. The lowest BCUT2D eigenvalue weighted by Gasteiger charge is -2.46. The van der Waals surface area contributed by atoms with E-state index in [4.69, 9.17) is 4.74 Å². The van der Waals surface area contributed by atoms with Crippen molar-refractivity contribution in [1.82, 2.24) is 10.2 Å². The van der Waals surface area contributed by atoms with Crippen molar-refractivity contribution in [2.45, 2.75) is 55.9 Å². The van der Waals surface area contributed by atoms with E-state index in [-0.39, 0.29) is 30.5 Å². The molecule has 21 heavy (non-hydrogen) atoms. The van der Waals surface area contributed by atoms with Crippen LogP contribution in [0.15, 0.2) is 0 Å². The van der Waals surface area contributed by atoms with Crippen molar-refractivity contribution < 1.29 is 9.53 Å². The van der Waals surface area contributed by atoms with Gasteiger partial charge in [-0.05, 0) is 19.8 Å². The topological polar surface area (TPSA) is 41.6 Å². The van der Waals surface area contributed by atoms with Crippen molar-refractivity contribution >= 4 is 30.1 Å². The first-order chi connectivity index (χ1) is 9.70. The van der Waals surface area contributed by atoms with Gasteiger partial charge < -0.3 is 15.0 Å². The molecule has 122 valence electrons. The number of rotatable bonds is 1. The molecule has 2 heterocycles. The first kappa shape index (κ1) is 17.4. The lowest BCUT2D eigenvalue weighted by molar-refractivity contribution is -0.140. The molecule has 4 nitrogen and oxygen atoms in total. The van der Waals surface area contributed by atoms with E-state index in [1.54, 1.807) is 0 Å². The predicted molar refractivity (Wildman–Crippen MR) is 89.3 cm³/mol. The van der Waals surface area contributed by atoms with E-state index in [2.05, 4.69) is 22.0 Å². The molecular formula is C15H27ClN2O2S. The monoisotopic (exact) mass is 334 g/mol. The molecule has 0 bridgehead atoms. The van der Waals surface area contributed by atoms with Crippen LogP contribution in [-0.4, -0.2) is 59.7 Å². The third-order valence-electron chi connectivity index (χ3n) is 4.91. The number of nitrogens with zero attached hydrogens (tertiary/aromatic N) is 1. The zero-order valence-electron chi connectivity index (χ0n) is 12.8. The summed E-state index contributed by atoms with van der Waals surface area (Å²) < 4.78 is 5.98. The molecule has 1 N–H and O–H groups in total. The first-order valence-corrected chi connectivity index (χ1v) is 8.97. The van der Waals surface area contributed by atoms with Crippen LogP contribution in [-0.2, 0) is 9.53 Å². The largest absolute Gasteiger partial charge is 0.375 e. The van der Waals surface area contributed by atoms with Gasteiger partial charge in [-0.1, -0.05) is 19.3 Å². The maximum Gasteiger partial charge on any atom is 0.242 e. The molecule has 2 aliphatic heterocycles. The van der Waals surface area contributed by atoms with E-state index < -0.39 is 0 Å². The minimum absolute atomic E-state index is 0. The number of carbonyl (C=O) groups excluding carboxylic acids is 1. The Bertz CT molecular complexity index is 358. The van der Waals surface area contributed by atoms with Gasteiger partial charge in [0.1, 0.15) is 6.04 Å². The Balaban J connectivity index is 0.00000161. The maximum atomic E-state index is 12.8. The number of morpholine rings is 1. The Morgan fingerprint density at radius 1 is 1.33 bits per heavy atom. The number of hydrogen-bond donors (Lipinski definition) is 1. The minimum Gasteiger partial charge on any atom is -0.375 e. The lowest BCUT2D eigenvalue weighted by Crippen LogP contribution is -2.60. The molecule has 3 rings (SSSR count). The third-order valence-corrected chi connectivity index (χ3v) is 6.44. The fourth-order valence-corrected chi connectivity index (χ4v) is 5.31. The number of hydrogen-bond acceptors (Lipinski definition) is 4. The van der Waals surface area contributed by atoms with Crippen LogP contribution in [0.25, 0.3) is 0 Å². The van der Waals surface area contributed by atoms with E-state index in [1.165, 1.54) is 32.1 Å². The normalized spacial score (nSPS) is 32.5. The highest BCUT2D eigenvalue weighted by molar-refractivity contribution is 8.00. The average Bonchev–Trinajstić information content (AvgIpc) is 2.48. The molecule has 0 unspecified atom stereocenters. The Morgan fingerprint density at radius 2 is 2.10 bits per heavy atom. The van der Waals surface area contributed by atoms with Crippen molar-refractivity contribution in [2.24, 2.45) is 0 Å². The molecule has 2 saturated heterocycles. The molecule has 1 saturated carbocycles. The van der Waals surface area contributed by atoms with Crippen molar-refractivity contribution in [2.75, 3.05) is 32.0 Å². The van der Waals surface area contributed by atoms with Gasteiger partial charge in [-0.3, -0.25) is 4.79 Å². The van der Waals surface area contributed by atoms with Crippen molar-refractivity contribution in [3.8, 4) is 0 Å². The highest BCUT2D eigenvalue weighted by Crippen LogP contribution is 2.42. The zero-order valence-corrected chi connectivity index (χ0v) is 14.4. The SMILES string of the molecule is C[C@H]1OCCN[C@@H]1C(=O)N1CCSC2(CCCCC2)C1.Cl. The Labute approximate surface area is 138 Å². The van der Waals surface area contributed by atoms with Gasteiger partial charge in [-0.25, -0.2) is 0 Å². The number of ether oxygens (including phenoxy) is 1. The van der Waals surface area contributed by atoms with Gasteiger partial charge in [-0.2, -0.15) is 11.8 Å². The summed E-state index contributed by atoms with van der Waals surface area (Å²) in [4.78, 5) is 14.9. The highest BCUT2D eigenvalue weighted by Gasteiger charge is 2.41. The van der Waals surface area contributed by atoms with Crippen molar-refractivity contribution in [3.05, 3.63) is 0 Å². The van der Waals surface area contributed by atoms with Crippen LogP contribution in [0.2, 0.25) is 0 Å². The lowest BCUT2D eigenvalue weighted by atomic mass is 9.87. The Kier molecular flexibility index (Phi) is 6.24. The second-order valence-corrected chi connectivity index (χ2v) is 7.92. The molecule has 0 aromatic heterocycles. The molecule has 0 radical (unpaired) electrons. The average molecular weight is 335 g/mol. The van der Waals surface area contributed by atoms with E-state index >= 15 is 0 Å². The van der Waals surface area contributed by atoms with Crippen molar-refractivity contribution in [3.63, 3.8) is 0 Å². The number of thioether (sulfide) groups is 1. The van der Waals surface area contributed by atoms with Crippen LogP contribution < -0.4 is 5.32 Å². The predicted octanol–water partition coefficient (Wildman–Crippen LogP) is 2.06. The van der Waals surface area contributed by atoms with Gasteiger partial charge in [0.05, 0.1) is 12.7 Å². The molecule has 1 spiro atoms. The van der Waals surface area contributed by atoms with Gasteiger partial charge >= 0.3 is 0 Å².